The number of methoxy groups -OCH3 is 1. The lowest BCUT2D eigenvalue weighted by molar-refractivity contribution is -0.138. The van der Waals surface area contributed by atoms with Gasteiger partial charge in [0.25, 0.3) is 0 Å². The van der Waals surface area contributed by atoms with Gasteiger partial charge in [-0.3, -0.25) is 4.79 Å². The molecule has 1 aliphatic carbocycles. The van der Waals surface area contributed by atoms with E-state index in [1.54, 1.807) is 7.11 Å². The predicted molar refractivity (Wildman–Crippen MR) is 80.3 cm³/mol. The van der Waals surface area contributed by atoms with Crippen LogP contribution in [-0.4, -0.2) is 38.4 Å². The van der Waals surface area contributed by atoms with Gasteiger partial charge in [0.05, 0.1) is 24.7 Å². The Balaban J connectivity index is 1.66. The number of hydrogen-bond acceptors (Lipinski definition) is 3. The average Bonchev–Trinajstić information content (AvgIpc) is 2.94. The number of alkyl halides is 3. The first-order valence-corrected chi connectivity index (χ1v) is 7.97. The van der Waals surface area contributed by atoms with E-state index >= 15 is 0 Å². The van der Waals surface area contributed by atoms with Crippen molar-refractivity contribution in [1.29, 1.82) is 0 Å². The molecule has 4 atom stereocenters. The first kappa shape index (κ1) is 17.2. The topological polar surface area (TPSA) is 47.6 Å². The molecule has 0 bridgehead atoms. The highest BCUT2D eigenvalue weighted by Crippen LogP contribution is 2.43. The van der Waals surface area contributed by atoms with Crippen molar-refractivity contribution >= 4 is 5.91 Å². The molecule has 0 spiro atoms. The molecule has 0 radical (unpaired) electrons. The summed E-state index contributed by atoms with van der Waals surface area (Å²) >= 11 is 0. The summed E-state index contributed by atoms with van der Waals surface area (Å²) < 4.78 is 49.8. The van der Waals surface area contributed by atoms with E-state index in [1.807, 2.05) is 0 Å². The number of benzene rings is 1. The normalized spacial score (nSPS) is 29.0. The van der Waals surface area contributed by atoms with Gasteiger partial charge in [0.1, 0.15) is 0 Å². The second-order valence-corrected chi connectivity index (χ2v) is 6.33. The van der Waals surface area contributed by atoms with Crippen LogP contribution in [0.15, 0.2) is 24.3 Å². The molecule has 24 heavy (non-hydrogen) atoms. The molecular formula is C17H20F3NO3. The molecule has 2 aliphatic rings. The molecule has 0 unspecified atom stereocenters. The second-order valence-electron chi connectivity index (χ2n) is 6.33. The van der Waals surface area contributed by atoms with E-state index in [9.17, 15) is 18.0 Å². The number of amides is 1. The molecule has 3 rings (SSSR count). The van der Waals surface area contributed by atoms with E-state index in [0.29, 0.717) is 13.2 Å². The first-order valence-electron chi connectivity index (χ1n) is 7.97. The van der Waals surface area contributed by atoms with Crippen LogP contribution < -0.4 is 5.32 Å². The zero-order valence-electron chi connectivity index (χ0n) is 13.3. The van der Waals surface area contributed by atoms with Gasteiger partial charge in [0.15, 0.2) is 0 Å². The minimum absolute atomic E-state index is 0.00987. The lowest BCUT2D eigenvalue weighted by Gasteiger charge is -2.47. The number of nitrogens with one attached hydrogen (secondary N) is 1. The van der Waals surface area contributed by atoms with E-state index in [2.05, 4.69) is 5.32 Å². The van der Waals surface area contributed by atoms with Crippen molar-refractivity contribution < 1.29 is 27.4 Å². The Morgan fingerprint density at radius 3 is 2.83 bits per heavy atom. The molecule has 1 N–H and O–H groups in total. The van der Waals surface area contributed by atoms with E-state index < -0.39 is 17.6 Å². The molecular weight excluding hydrogens is 323 g/mol. The summed E-state index contributed by atoms with van der Waals surface area (Å²) in [7, 11) is 1.58. The van der Waals surface area contributed by atoms with Crippen LogP contribution in [-0.2, 0) is 26.9 Å². The molecule has 1 saturated heterocycles. The minimum Gasteiger partial charge on any atom is -0.384 e. The minimum atomic E-state index is -4.46. The Labute approximate surface area is 138 Å². The van der Waals surface area contributed by atoms with Gasteiger partial charge in [-0.2, -0.15) is 13.2 Å². The molecule has 1 amide bonds. The number of fused-ring (bicyclic) bond motifs is 1. The summed E-state index contributed by atoms with van der Waals surface area (Å²) in [5, 5.41) is 2.88. The van der Waals surface area contributed by atoms with Gasteiger partial charge >= 0.3 is 6.18 Å². The number of carbonyl (C=O) groups excluding carboxylic acids is 1. The molecule has 1 aromatic carbocycles. The number of rotatable bonds is 5. The van der Waals surface area contributed by atoms with Crippen molar-refractivity contribution in [2.75, 3.05) is 20.3 Å². The molecule has 1 aromatic rings. The van der Waals surface area contributed by atoms with Crippen molar-refractivity contribution in [2.45, 2.75) is 31.2 Å². The van der Waals surface area contributed by atoms with Crippen LogP contribution in [0.25, 0.3) is 0 Å². The third-order valence-corrected chi connectivity index (χ3v) is 4.89. The highest BCUT2D eigenvalue weighted by molar-refractivity contribution is 5.79. The van der Waals surface area contributed by atoms with Crippen molar-refractivity contribution in [3.05, 3.63) is 35.4 Å². The number of halogens is 3. The fourth-order valence-corrected chi connectivity index (χ4v) is 3.80. The second kappa shape index (κ2) is 6.72. The van der Waals surface area contributed by atoms with Crippen molar-refractivity contribution in [1.82, 2.24) is 5.32 Å². The lowest BCUT2D eigenvalue weighted by Crippen LogP contribution is -2.63. The highest BCUT2D eigenvalue weighted by Gasteiger charge is 2.54. The SMILES string of the molecule is COC[C@H]1[C@@H](NC(=O)Cc2ccccc2C(F)(F)F)[C@@H]2CCO[C@@H]21. The van der Waals surface area contributed by atoms with E-state index in [-0.39, 0.29) is 36.0 Å². The third kappa shape index (κ3) is 3.28. The molecule has 0 aromatic heterocycles. The number of hydrogen-bond donors (Lipinski definition) is 1. The van der Waals surface area contributed by atoms with E-state index in [1.165, 1.54) is 18.2 Å². The van der Waals surface area contributed by atoms with Crippen LogP contribution in [0.1, 0.15) is 17.5 Å². The summed E-state index contributed by atoms with van der Waals surface area (Å²) in [6, 6.07) is 5.08. The Bertz CT molecular complexity index is 605. The summed E-state index contributed by atoms with van der Waals surface area (Å²) in [6.45, 7) is 1.12. The monoisotopic (exact) mass is 343 g/mol. The van der Waals surface area contributed by atoms with Gasteiger partial charge in [-0.05, 0) is 18.1 Å². The van der Waals surface area contributed by atoms with Gasteiger partial charge in [-0.15, -0.1) is 0 Å². The predicted octanol–water partition coefficient (Wildman–Crippen LogP) is 2.41. The van der Waals surface area contributed by atoms with Crippen LogP contribution in [0, 0.1) is 11.8 Å². The zero-order valence-corrected chi connectivity index (χ0v) is 13.3. The maximum atomic E-state index is 13.0. The van der Waals surface area contributed by atoms with Gasteiger partial charge in [0.2, 0.25) is 5.91 Å². The van der Waals surface area contributed by atoms with Gasteiger partial charge in [-0.1, -0.05) is 18.2 Å². The maximum absolute atomic E-state index is 13.0. The van der Waals surface area contributed by atoms with Crippen LogP contribution in [0.3, 0.4) is 0 Å². The quantitative estimate of drug-likeness (QED) is 0.893. The number of carbonyl (C=O) groups is 1. The zero-order chi connectivity index (χ0) is 17.3. The summed E-state index contributed by atoms with van der Waals surface area (Å²) in [6.07, 6.45) is -3.81. The summed E-state index contributed by atoms with van der Waals surface area (Å²) in [5.41, 5.74) is -0.770. The fraction of sp³-hybridized carbons (Fsp3) is 0.588. The molecule has 1 heterocycles. The van der Waals surface area contributed by atoms with Crippen LogP contribution in [0.2, 0.25) is 0 Å². The number of ether oxygens (including phenoxy) is 2. The molecule has 1 saturated carbocycles. The van der Waals surface area contributed by atoms with Crippen LogP contribution >= 0.6 is 0 Å². The van der Waals surface area contributed by atoms with Crippen molar-refractivity contribution in [3.63, 3.8) is 0 Å². The maximum Gasteiger partial charge on any atom is 0.416 e. The fourth-order valence-electron chi connectivity index (χ4n) is 3.80. The molecule has 1 aliphatic heterocycles. The average molecular weight is 343 g/mol. The summed E-state index contributed by atoms with van der Waals surface area (Å²) in [4.78, 5) is 12.3. The summed E-state index contributed by atoms with van der Waals surface area (Å²) in [5.74, 6) is -0.112. The first-order chi connectivity index (χ1) is 11.4. The third-order valence-electron chi connectivity index (χ3n) is 4.89. The van der Waals surface area contributed by atoms with Crippen LogP contribution in [0.4, 0.5) is 13.2 Å². The molecule has 132 valence electrons. The Morgan fingerprint density at radius 2 is 2.12 bits per heavy atom. The van der Waals surface area contributed by atoms with Crippen LogP contribution in [0.5, 0.6) is 0 Å². The Hall–Kier alpha value is -1.60. The Kier molecular flexibility index (Phi) is 4.83. The lowest BCUT2D eigenvalue weighted by atomic mass is 9.67. The van der Waals surface area contributed by atoms with Crippen molar-refractivity contribution in [3.8, 4) is 0 Å². The van der Waals surface area contributed by atoms with Gasteiger partial charge in [-0.25, -0.2) is 0 Å². The van der Waals surface area contributed by atoms with E-state index in [4.69, 9.17) is 9.47 Å². The smallest absolute Gasteiger partial charge is 0.384 e. The van der Waals surface area contributed by atoms with Crippen molar-refractivity contribution in [2.24, 2.45) is 11.8 Å². The highest BCUT2D eigenvalue weighted by atomic mass is 19.4. The van der Waals surface area contributed by atoms with Gasteiger partial charge < -0.3 is 14.8 Å². The molecule has 4 nitrogen and oxygen atoms in total. The van der Waals surface area contributed by atoms with E-state index in [0.717, 1.165) is 12.5 Å². The molecule has 7 heteroatoms. The largest absolute Gasteiger partial charge is 0.416 e. The Morgan fingerprint density at radius 1 is 1.38 bits per heavy atom. The molecule has 2 fully saturated rings. The standard InChI is InChI=1S/C17H20F3NO3/c1-23-9-12-15(11-6-7-24-16(11)12)21-14(22)8-10-4-2-3-5-13(10)17(18,19)20/h2-5,11-12,15-16H,6-9H2,1H3,(H,21,22)/t11-,12-,15-,16-/m0/s1. The van der Waals surface area contributed by atoms with Gasteiger partial charge in [0, 0.05) is 31.6 Å².